The van der Waals surface area contributed by atoms with Crippen LogP contribution in [0.1, 0.15) is 24.0 Å². The van der Waals surface area contributed by atoms with Crippen molar-refractivity contribution in [3.8, 4) is 0 Å². The molecule has 5 nitrogen and oxygen atoms in total. The van der Waals surface area contributed by atoms with Gasteiger partial charge in [0.25, 0.3) is 0 Å². The van der Waals surface area contributed by atoms with Gasteiger partial charge < -0.3 is 5.32 Å². The van der Waals surface area contributed by atoms with Crippen LogP contribution >= 0.6 is 11.6 Å². The fourth-order valence-corrected chi connectivity index (χ4v) is 5.22. The van der Waals surface area contributed by atoms with E-state index in [1.807, 2.05) is 31.2 Å². The first-order chi connectivity index (χ1) is 13.3. The molecule has 1 heterocycles. The Bertz CT molecular complexity index is 953. The molecular weight excluding hydrogens is 403 g/mol. The topological polar surface area (TPSA) is 66.5 Å². The van der Waals surface area contributed by atoms with Crippen molar-refractivity contribution in [3.05, 3.63) is 64.4 Å². The SMILES string of the molecule is Cc1cccc(NC(=O)C2CCN(S(=O)(=O)Cc3c(F)cccc3Cl)CC2)c1. The fourth-order valence-electron chi connectivity index (χ4n) is 3.31. The van der Waals surface area contributed by atoms with Crippen molar-refractivity contribution in [1.82, 2.24) is 4.31 Å². The van der Waals surface area contributed by atoms with E-state index in [1.54, 1.807) is 0 Å². The molecule has 0 radical (unpaired) electrons. The molecule has 2 aromatic carbocycles. The van der Waals surface area contributed by atoms with Crippen molar-refractivity contribution >= 4 is 33.2 Å². The number of aryl methyl sites for hydroxylation is 1. The van der Waals surface area contributed by atoms with Gasteiger partial charge in [0, 0.05) is 35.3 Å². The Morgan fingerprint density at radius 1 is 1.21 bits per heavy atom. The Kier molecular flexibility index (Phi) is 6.37. The van der Waals surface area contributed by atoms with Gasteiger partial charge in [-0.3, -0.25) is 4.79 Å². The van der Waals surface area contributed by atoms with E-state index in [1.165, 1.54) is 22.5 Å². The van der Waals surface area contributed by atoms with Crippen molar-refractivity contribution in [2.24, 2.45) is 5.92 Å². The van der Waals surface area contributed by atoms with Gasteiger partial charge in [-0.1, -0.05) is 29.8 Å². The molecule has 2 aromatic rings. The first-order valence-corrected chi connectivity index (χ1v) is 11.0. The number of piperidine rings is 1. The summed E-state index contributed by atoms with van der Waals surface area (Å²) in [5.41, 5.74) is 1.75. The van der Waals surface area contributed by atoms with E-state index < -0.39 is 21.6 Å². The van der Waals surface area contributed by atoms with Gasteiger partial charge in [0.05, 0.1) is 5.75 Å². The van der Waals surface area contributed by atoms with Crippen LogP contribution in [0.25, 0.3) is 0 Å². The summed E-state index contributed by atoms with van der Waals surface area (Å²) in [6, 6.07) is 11.6. The fraction of sp³-hybridized carbons (Fsp3) is 0.350. The molecule has 3 rings (SSSR count). The Morgan fingerprint density at radius 3 is 2.54 bits per heavy atom. The summed E-state index contributed by atoms with van der Waals surface area (Å²) in [4.78, 5) is 12.5. The highest BCUT2D eigenvalue weighted by Crippen LogP contribution is 2.26. The van der Waals surface area contributed by atoms with Crippen LogP contribution in [0, 0.1) is 18.7 Å². The van der Waals surface area contributed by atoms with Gasteiger partial charge in [-0.15, -0.1) is 0 Å². The third-order valence-electron chi connectivity index (χ3n) is 4.89. The molecule has 0 aliphatic carbocycles. The second kappa shape index (κ2) is 8.59. The van der Waals surface area contributed by atoms with Crippen LogP contribution in [0.2, 0.25) is 5.02 Å². The quantitative estimate of drug-likeness (QED) is 0.789. The minimum absolute atomic E-state index is 0.0246. The third-order valence-corrected chi connectivity index (χ3v) is 7.05. The molecular formula is C20H22ClFN2O3S. The predicted molar refractivity (Wildman–Crippen MR) is 108 cm³/mol. The molecule has 1 amide bonds. The summed E-state index contributed by atoms with van der Waals surface area (Å²) in [7, 11) is -3.72. The second-order valence-corrected chi connectivity index (χ2v) is 9.36. The van der Waals surface area contributed by atoms with E-state index in [0.29, 0.717) is 12.8 Å². The Morgan fingerprint density at radius 2 is 1.89 bits per heavy atom. The lowest BCUT2D eigenvalue weighted by Gasteiger charge is -2.30. The number of amides is 1. The molecule has 1 N–H and O–H groups in total. The number of sulfonamides is 1. The van der Waals surface area contributed by atoms with Gasteiger partial charge >= 0.3 is 0 Å². The lowest BCUT2D eigenvalue weighted by molar-refractivity contribution is -0.120. The van der Waals surface area contributed by atoms with Crippen molar-refractivity contribution in [2.45, 2.75) is 25.5 Å². The smallest absolute Gasteiger partial charge is 0.227 e. The van der Waals surface area contributed by atoms with E-state index >= 15 is 0 Å². The van der Waals surface area contributed by atoms with Crippen molar-refractivity contribution in [3.63, 3.8) is 0 Å². The summed E-state index contributed by atoms with van der Waals surface area (Å²) in [6.45, 7) is 2.39. The highest BCUT2D eigenvalue weighted by Gasteiger charge is 2.32. The summed E-state index contributed by atoms with van der Waals surface area (Å²) >= 11 is 5.95. The molecule has 1 fully saturated rings. The maximum Gasteiger partial charge on any atom is 0.227 e. The van der Waals surface area contributed by atoms with Gasteiger partial charge in [0.1, 0.15) is 5.82 Å². The van der Waals surface area contributed by atoms with Gasteiger partial charge in [0.15, 0.2) is 0 Å². The van der Waals surface area contributed by atoms with Crippen LogP contribution < -0.4 is 5.32 Å². The first kappa shape index (κ1) is 20.8. The summed E-state index contributed by atoms with van der Waals surface area (Å²) in [5.74, 6) is -1.49. The van der Waals surface area contributed by atoms with Crippen molar-refractivity contribution in [1.29, 1.82) is 0 Å². The summed E-state index contributed by atoms with van der Waals surface area (Å²) in [5, 5.41) is 2.98. The predicted octanol–water partition coefficient (Wildman–Crippen LogP) is 3.97. The maximum absolute atomic E-state index is 13.9. The highest BCUT2D eigenvalue weighted by molar-refractivity contribution is 7.88. The molecule has 0 spiro atoms. The largest absolute Gasteiger partial charge is 0.326 e. The standard InChI is InChI=1S/C20H22ClFN2O3S/c1-14-4-2-5-16(12-14)23-20(25)15-8-10-24(11-9-15)28(26,27)13-17-18(21)6-3-7-19(17)22/h2-7,12,15H,8-11,13H2,1H3,(H,23,25). The molecule has 150 valence electrons. The molecule has 28 heavy (non-hydrogen) atoms. The monoisotopic (exact) mass is 424 g/mol. The molecule has 1 aliphatic rings. The average Bonchev–Trinajstić information content (AvgIpc) is 2.65. The van der Waals surface area contributed by atoms with E-state index in [-0.39, 0.29) is 35.5 Å². The van der Waals surface area contributed by atoms with E-state index in [2.05, 4.69) is 5.32 Å². The Hall–Kier alpha value is -1.96. The van der Waals surface area contributed by atoms with Gasteiger partial charge in [-0.25, -0.2) is 17.1 Å². The molecule has 1 aliphatic heterocycles. The molecule has 0 unspecified atom stereocenters. The molecule has 1 saturated heterocycles. The van der Waals surface area contributed by atoms with E-state index in [0.717, 1.165) is 11.3 Å². The zero-order valence-electron chi connectivity index (χ0n) is 15.5. The number of rotatable bonds is 5. The van der Waals surface area contributed by atoms with E-state index in [9.17, 15) is 17.6 Å². The minimum atomic E-state index is -3.72. The average molecular weight is 425 g/mol. The highest BCUT2D eigenvalue weighted by atomic mass is 35.5. The Labute approximate surface area is 169 Å². The number of nitrogens with one attached hydrogen (secondary N) is 1. The number of nitrogens with zero attached hydrogens (tertiary/aromatic N) is 1. The molecule has 8 heteroatoms. The molecule has 0 aromatic heterocycles. The number of carbonyl (C=O) groups is 1. The van der Waals surface area contributed by atoms with Crippen LogP contribution in [-0.4, -0.2) is 31.7 Å². The van der Waals surface area contributed by atoms with E-state index in [4.69, 9.17) is 11.6 Å². The van der Waals surface area contributed by atoms with Crippen LogP contribution in [0.15, 0.2) is 42.5 Å². The lowest BCUT2D eigenvalue weighted by atomic mass is 9.97. The molecule has 0 atom stereocenters. The normalized spacial score (nSPS) is 16.1. The van der Waals surface area contributed by atoms with Crippen molar-refractivity contribution < 1.29 is 17.6 Å². The zero-order chi connectivity index (χ0) is 20.3. The zero-order valence-corrected chi connectivity index (χ0v) is 17.1. The van der Waals surface area contributed by atoms with Gasteiger partial charge in [-0.2, -0.15) is 0 Å². The summed E-state index contributed by atoms with van der Waals surface area (Å²) < 4.78 is 40.6. The van der Waals surface area contributed by atoms with Crippen molar-refractivity contribution in [2.75, 3.05) is 18.4 Å². The Balaban J connectivity index is 1.60. The van der Waals surface area contributed by atoms with Crippen LogP contribution in [0.3, 0.4) is 0 Å². The van der Waals surface area contributed by atoms with Crippen LogP contribution in [0.5, 0.6) is 0 Å². The summed E-state index contributed by atoms with van der Waals surface area (Å²) in [6.07, 6.45) is 0.837. The number of hydrogen-bond donors (Lipinski definition) is 1. The van der Waals surface area contributed by atoms with Crippen LogP contribution in [-0.2, 0) is 20.6 Å². The second-order valence-electron chi connectivity index (χ2n) is 6.99. The number of hydrogen-bond acceptors (Lipinski definition) is 3. The molecule has 0 saturated carbocycles. The van der Waals surface area contributed by atoms with Crippen LogP contribution in [0.4, 0.5) is 10.1 Å². The number of anilines is 1. The van der Waals surface area contributed by atoms with Gasteiger partial charge in [0.2, 0.25) is 15.9 Å². The minimum Gasteiger partial charge on any atom is -0.326 e. The lowest BCUT2D eigenvalue weighted by Crippen LogP contribution is -2.42. The maximum atomic E-state index is 13.9. The third kappa shape index (κ3) is 4.90. The number of halogens is 2. The number of carbonyl (C=O) groups excluding carboxylic acids is 1. The molecule has 0 bridgehead atoms. The number of benzene rings is 2. The first-order valence-electron chi connectivity index (χ1n) is 9.04. The van der Waals surface area contributed by atoms with Gasteiger partial charge in [-0.05, 0) is 49.6 Å².